The van der Waals surface area contributed by atoms with Crippen molar-refractivity contribution in [2.75, 3.05) is 0 Å². The Kier molecular flexibility index (Phi) is 14.6. The van der Waals surface area contributed by atoms with Crippen LogP contribution >= 0.6 is 0 Å². The van der Waals surface area contributed by atoms with Crippen LogP contribution in [0.5, 0.6) is 0 Å². The summed E-state index contributed by atoms with van der Waals surface area (Å²) in [7, 11) is 0. The molecule has 0 fully saturated rings. The molecule has 2 radical (unpaired) electrons. The predicted molar refractivity (Wildman–Crippen MR) is 75.2 cm³/mol. The molecule has 0 atom stereocenters. The van der Waals surface area contributed by atoms with Crippen LogP contribution in [-0.2, 0) is 12.8 Å². The zero-order valence-corrected chi connectivity index (χ0v) is 14.2. The Morgan fingerprint density at radius 1 is 0.867 bits per heavy atom. The van der Waals surface area contributed by atoms with Crippen LogP contribution in [0.1, 0.15) is 39.8 Å². The molecule has 0 heterocycles. The normalized spacial score (nSPS) is 8.13. The summed E-state index contributed by atoms with van der Waals surface area (Å²) in [6, 6.07) is 4.43. The quantitative estimate of drug-likeness (QED) is 0.608. The van der Waals surface area contributed by atoms with Crippen molar-refractivity contribution >= 4 is 64.9 Å². The molecule has 0 spiro atoms. The Hall–Kier alpha value is 1.06. The second-order valence-corrected chi connectivity index (χ2v) is 4.46. The maximum Gasteiger partial charge on any atom is 2.00 e. The summed E-state index contributed by atoms with van der Waals surface area (Å²) in [5, 5.41) is 0. The molecule has 0 aliphatic carbocycles. The molecule has 0 aliphatic rings. The third kappa shape index (κ3) is 5.28. The van der Waals surface area contributed by atoms with Crippen LogP contribution in [0.25, 0.3) is 0 Å². The second kappa shape index (κ2) is 10.2. The van der Waals surface area contributed by atoms with Crippen molar-refractivity contribution in [2.24, 2.45) is 0 Å². The average Bonchev–Trinajstić information content (AvgIpc) is 2.10. The number of hydrogen-bond acceptors (Lipinski definition) is 0. The van der Waals surface area contributed by atoms with Gasteiger partial charge >= 0.3 is 115 Å². The van der Waals surface area contributed by atoms with Crippen molar-refractivity contribution < 1.29 is 0 Å². The van der Waals surface area contributed by atoms with Crippen LogP contribution < -0.4 is 8.92 Å². The molecule has 0 unspecified atom stereocenters. The summed E-state index contributed by atoms with van der Waals surface area (Å²) >= 11 is 6.27. The molecule has 1 rings (SSSR count). The van der Waals surface area contributed by atoms with E-state index in [0.717, 1.165) is 12.8 Å². The first kappa shape index (κ1) is 21.4. The fraction of sp³-hybridized carbons (Fsp3) is 0.500. The smallest absolute Gasteiger partial charge is 2.00 e. The van der Waals surface area contributed by atoms with Crippen LogP contribution in [0.3, 0.4) is 0 Å². The Bertz CT molecular complexity index is 256. The molecule has 0 saturated heterocycles. The number of benzene rings is 1. The van der Waals surface area contributed by atoms with Gasteiger partial charge in [-0.3, -0.25) is 0 Å². The fourth-order valence-electron chi connectivity index (χ4n) is 1.20. The first-order valence-electron chi connectivity index (χ1n) is 4.19. The average molecular weight is 441 g/mol. The van der Waals surface area contributed by atoms with Gasteiger partial charge in [0.15, 0.2) is 0 Å². The van der Waals surface area contributed by atoms with E-state index >= 15 is 0 Å². The van der Waals surface area contributed by atoms with E-state index in [0.29, 0.717) is 0 Å². The third-order valence-electron chi connectivity index (χ3n) is 2.04. The Morgan fingerprint density at radius 2 is 1.13 bits per heavy atom. The van der Waals surface area contributed by atoms with Gasteiger partial charge in [0.25, 0.3) is 0 Å². The molecule has 84 valence electrons. The van der Waals surface area contributed by atoms with Crippen molar-refractivity contribution in [1.82, 2.24) is 0 Å². The standard InChI is InChI=1S/C10H14Se2.2CH4.Sn/c1-3-7-5-6-8(4-2)10(12)9(7)11;;;/h5-6,11-12H,3-4H2,1-2H3;2*1H4;/q;;;+2/p-2. The molecule has 15 heavy (non-hydrogen) atoms. The molecule has 3 heteroatoms. The van der Waals surface area contributed by atoms with Crippen LogP contribution in [-0.4, -0.2) is 55.9 Å². The summed E-state index contributed by atoms with van der Waals surface area (Å²) < 4.78 is 2.61. The number of aryl methyl sites for hydroxylation is 2. The van der Waals surface area contributed by atoms with E-state index in [2.05, 4.69) is 58.0 Å². The number of hydrogen-bond donors (Lipinski definition) is 0. The first-order chi connectivity index (χ1) is 5.70. The molecule has 0 nitrogen and oxygen atoms in total. The minimum Gasteiger partial charge on any atom is 2.00 e. The molecular formula is C12H20Se2Sn. The van der Waals surface area contributed by atoms with Gasteiger partial charge in [0.1, 0.15) is 0 Å². The molecule has 0 aromatic heterocycles. The van der Waals surface area contributed by atoms with E-state index in [9.17, 15) is 0 Å². The van der Waals surface area contributed by atoms with Crippen LogP contribution in [0, 0.1) is 0 Å². The van der Waals surface area contributed by atoms with Crippen molar-refractivity contribution in [3.8, 4) is 0 Å². The van der Waals surface area contributed by atoms with E-state index in [4.69, 9.17) is 0 Å². The van der Waals surface area contributed by atoms with Gasteiger partial charge in [-0.15, -0.1) is 0 Å². The largest absolute Gasteiger partial charge is 2.00 e. The van der Waals surface area contributed by atoms with Crippen molar-refractivity contribution in [2.45, 2.75) is 41.5 Å². The van der Waals surface area contributed by atoms with Gasteiger partial charge < -0.3 is 0 Å². The van der Waals surface area contributed by atoms with Crippen molar-refractivity contribution in [3.63, 3.8) is 0 Å². The minimum absolute atomic E-state index is 0. The topological polar surface area (TPSA) is 0 Å². The molecule has 0 N–H and O–H groups in total. The molecule has 1 aromatic carbocycles. The molecule has 0 bridgehead atoms. The SMILES string of the molecule is C.C.CCc1ccc(CC)c([Se-])c1[Se-].[Sn+2]. The maximum absolute atomic E-state index is 3.13. The van der Waals surface area contributed by atoms with Gasteiger partial charge in [-0.2, -0.15) is 0 Å². The van der Waals surface area contributed by atoms with Gasteiger partial charge in [-0.25, -0.2) is 0 Å². The first-order valence-corrected chi connectivity index (χ1v) is 5.90. The molecular weight excluding hydrogens is 421 g/mol. The molecule has 0 aliphatic heterocycles. The van der Waals surface area contributed by atoms with Crippen LogP contribution in [0.2, 0.25) is 0 Å². The predicted octanol–water partition coefficient (Wildman–Crippen LogP) is 1.29. The summed E-state index contributed by atoms with van der Waals surface area (Å²) in [6.07, 6.45) is 2.20. The van der Waals surface area contributed by atoms with Gasteiger partial charge in [0.2, 0.25) is 0 Å². The van der Waals surface area contributed by atoms with E-state index in [-0.39, 0.29) is 38.8 Å². The molecule has 0 saturated carbocycles. The Morgan fingerprint density at radius 3 is 1.33 bits per heavy atom. The van der Waals surface area contributed by atoms with E-state index < -0.39 is 0 Å². The van der Waals surface area contributed by atoms with Gasteiger partial charge in [-0.05, 0) is 0 Å². The summed E-state index contributed by atoms with van der Waals surface area (Å²) in [5.41, 5.74) is 2.81. The minimum atomic E-state index is 0. The van der Waals surface area contributed by atoms with E-state index in [1.165, 1.54) is 20.1 Å². The van der Waals surface area contributed by atoms with E-state index in [1.54, 1.807) is 0 Å². The maximum atomic E-state index is 3.13. The van der Waals surface area contributed by atoms with Gasteiger partial charge in [0, 0.05) is 0 Å². The van der Waals surface area contributed by atoms with Gasteiger partial charge in [-0.1, -0.05) is 14.9 Å². The summed E-state index contributed by atoms with van der Waals surface area (Å²) in [5.74, 6) is 0. The van der Waals surface area contributed by atoms with Crippen LogP contribution in [0.15, 0.2) is 12.1 Å². The summed E-state index contributed by atoms with van der Waals surface area (Å²) in [6.45, 7) is 4.36. The Labute approximate surface area is 129 Å². The zero-order chi connectivity index (χ0) is 9.14. The summed E-state index contributed by atoms with van der Waals surface area (Å²) in [4.78, 5) is 0. The number of rotatable bonds is 2. The second-order valence-electron chi connectivity index (χ2n) is 2.75. The third-order valence-corrected chi connectivity index (χ3v) is 4.65. The zero-order valence-electron chi connectivity index (χ0n) is 7.89. The molecule has 0 amide bonds. The van der Waals surface area contributed by atoms with Crippen molar-refractivity contribution in [1.29, 1.82) is 0 Å². The Balaban J connectivity index is -0.000000480. The fourth-order valence-corrected chi connectivity index (χ4v) is 2.64. The van der Waals surface area contributed by atoms with Crippen LogP contribution in [0.4, 0.5) is 0 Å². The van der Waals surface area contributed by atoms with Crippen molar-refractivity contribution in [3.05, 3.63) is 23.3 Å². The molecule has 1 aromatic rings. The van der Waals surface area contributed by atoms with E-state index in [1.807, 2.05) is 0 Å². The van der Waals surface area contributed by atoms with Gasteiger partial charge in [0.05, 0.1) is 0 Å². The monoisotopic (exact) mass is 444 g/mol.